The molecular formula is C16H21N3O3. The zero-order chi connectivity index (χ0) is 16.1. The Morgan fingerprint density at radius 1 is 1.23 bits per heavy atom. The highest BCUT2D eigenvalue weighted by Crippen LogP contribution is 2.12. The average molecular weight is 303 g/mol. The van der Waals surface area contributed by atoms with Gasteiger partial charge in [0.25, 0.3) is 0 Å². The first-order valence-corrected chi connectivity index (χ1v) is 7.15. The summed E-state index contributed by atoms with van der Waals surface area (Å²) in [5, 5.41) is 15.3. The molecule has 118 valence electrons. The fourth-order valence-corrected chi connectivity index (χ4v) is 1.93. The van der Waals surface area contributed by atoms with E-state index in [4.69, 9.17) is 4.42 Å². The Labute approximate surface area is 129 Å². The van der Waals surface area contributed by atoms with Crippen molar-refractivity contribution in [2.75, 3.05) is 6.54 Å². The van der Waals surface area contributed by atoms with Crippen molar-refractivity contribution in [1.82, 2.24) is 15.6 Å². The number of urea groups is 1. The first-order valence-electron chi connectivity index (χ1n) is 7.15. The number of amides is 2. The third-order valence-corrected chi connectivity index (χ3v) is 3.39. The van der Waals surface area contributed by atoms with Gasteiger partial charge in [-0.25, -0.2) is 9.78 Å². The van der Waals surface area contributed by atoms with Crippen LogP contribution >= 0.6 is 0 Å². The normalized spacial score (nSPS) is 12.0. The van der Waals surface area contributed by atoms with Crippen LogP contribution < -0.4 is 10.6 Å². The van der Waals surface area contributed by atoms with Crippen molar-refractivity contribution >= 4 is 6.03 Å². The second kappa shape index (κ2) is 7.09. The summed E-state index contributed by atoms with van der Waals surface area (Å²) in [6.45, 7) is 6.00. The maximum Gasteiger partial charge on any atom is 0.315 e. The zero-order valence-electron chi connectivity index (χ0n) is 13.0. The lowest BCUT2D eigenvalue weighted by Gasteiger charge is -2.12. The van der Waals surface area contributed by atoms with Gasteiger partial charge in [-0.05, 0) is 26.3 Å². The Morgan fingerprint density at radius 2 is 1.91 bits per heavy atom. The molecule has 0 fully saturated rings. The minimum absolute atomic E-state index is 0.137. The molecule has 0 bridgehead atoms. The first kappa shape index (κ1) is 16.0. The Balaban J connectivity index is 1.76. The molecule has 3 N–H and O–H groups in total. The lowest BCUT2D eigenvalue weighted by atomic mass is 10.1. The van der Waals surface area contributed by atoms with Gasteiger partial charge in [-0.15, -0.1) is 0 Å². The molecular weight excluding hydrogens is 282 g/mol. The third kappa shape index (κ3) is 4.33. The molecule has 2 amide bonds. The molecule has 1 heterocycles. The van der Waals surface area contributed by atoms with Crippen LogP contribution in [0.4, 0.5) is 4.79 Å². The molecule has 0 aliphatic carbocycles. The van der Waals surface area contributed by atoms with Crippen molar-refractivity contribution in [2.24, 2.45) is 0 Å². The number of rotatable bonds is 5. The molecule has 0 saturated carbocycles. The third-order valence-electron chi connectivity index (χ3n) is 3.39. The smallest absolute Gasteiger partial charge is 0.315 e. The van der Waals surface area contributed by atoms with Crippen molar-refractivity contribution in [3.8, 4) is 0 Å². The molecule has 0 radical (unpaired) electrons. The van der Waals surface area contributed by atoms with Gasteiger partial charge in [0.2, 0.25) is 5.89 Å². The van der Waals surface area contributed by atoms with Gasteiger partial charge in [-0.1, -0.05) is 29.8 Å². The van der Waals surface area contributed by atoms with Crippen LogP contribution in [0.2, 0.25) is 0 Å². The second-order valence-electron chi connectivity index (χ2n) is 5.24. The van der Waals surface area contributed by atoms with E-state index in [1.807, 2.05) is 45.0 Å². The van der Waals surface area contributed by atoms with Crippen LogP contribution in [-0.2, 0) is 6.54 Å². The van der Waals surface area contributed by atoms with Crippen molar-refractivity contribution in [2.45, 2.75) is 33.4 Å². The zero-order valence-corrected chi connectivity index (χ0v) is 13.0. The molecule has 0 aliphatic heterocycles. The Bertz CT molecular complexity index is 615. The Hall–Kier alpha value is -2.34. The highest BCUT2D eigenvalue weighted by Gasteiger charge is 2.10. The van der Waals surface area contributed by atoms with Crippen LogP contribution in [0.15, 0.2) is 28.7 Å². The van der Waals surface area contributed by atoms with Gasteiger partial charge < -0.3 is 20.2 Å². The van der Waals surface area contributed by atoms with E-state index >= 15 is 0 Å². The Kier molecular flexibility index (Phi) is 5.16. The van der Waals surface area contributed by atoms with Gasteiger partial charge in [-0.3, -0.25) is 0 Å². The summed E-state index contributed by atoms with van der Waals surface area (Å²) in [5.41, 5.74) is 2.70. The van der Waals surface area contributed by atoms with Crippen molar-refractivity contribution in [3.05, 3.63) is 52.7 Å². The number of nitrogens with one attached hydrogen (secondary N) is 2. The van der Waals surface area contributed by atoms with E-state index in [1.54, 1.807) is 0 Å². The molecule has 0 aliphatic rings. The number of carbonyl (C=O) groups is 1. The molecule has 1 unspecified atom stereocenters. The average Bonchev–Trinajstić information content (AvgIpc) is 2.82. The van der Waals surface area contributed by atoms with E-state index in [2.05, 4.69) is 15.6 Å². The predicted molar refractivity (Wildman–Crippen MR) is 82.4 cm³/mol. The van der Waals surface area contributed by atoms with Gasteiger partial charge in [0.15, 0.2) is 0 Å². The maximum absolute atomic E-state index is 11.7. The van der Waals surface area contributed by atoms with E-state index in [1.165, 1.54) is 0 Å². The molecule has 1 aromatic heterocycles. The van der Waals surface area contributed by atoms with Gasteiger partial charge in [0.1, 0.15) is 5.76 Å². The summed E-state index contributed by atoms with van der Waals surface area (Å²) >= 11 is 0. The number of hydrogen-bond donors (Lipinski definition) is 3. The minimum atomic E-state index is -0.738. The fourth-order valence-electron chi connectivity index (χ4n) is 1.93. The SMILES string of the molecule is Cc1ccc(C(O)CNC(=O)NCc2nc(C)c(C)o2)cc1. The summed E-state index contributed by atoms with van der Waals surface area (Å²) in [6.07, 6.45) is -0.738. The van der Waals surface area contributed by atoms with Crippen molar-refractivity contribution < 1.29 is 14.3 Å². The number of aromatic nitrogens is 1. The quantitative estimate of drug-likeness (QED) is 0.789. The minimum Gasteiger partial charge on any atom is -0.444 e. The van der Waals surface area contributed by atoms with Gasteiger partial charge in [0, 0.05) is 6.54 Å². The highest BCUT2D eigenvalue weighted by molar-refractivity contribution is 5.73. The number of oxazole rings is 1. The monoisotopic (exact) mass is 303 g/mol. The fraction of sp³-hybridized carbons (Fsp3) is 0.375. The summed E-state index contributed by atoms with van der Waals surface area (Å²) < 4.78 is 5.37. The van der Waals surface area contributed by atoms with Gasteiger partial charge in [-0.2, -0.15) is 0 Å². The molecule has 6 heteroatoms. The summed E-state index contributed by atoms with van der Waals surface area (Å²) in [4.78, 5) is 15.9. The van der Waals surface area contributed by atoms with E-state index in [-0.39, 0.29) is 19.1 Å². The predicted octanol–water partition coefficient (Wildman–Crippen LogP) is 2.13. The Morgan fingerprint density at radius 3 is 2.50 bits per heavy atom. The molecule has 0 spiro atoms. The number of hydrogen-bond acceptors (Lipinski definition) is 4. The summed E-state index contributed by atoms with van der Waals surface area (Å²) in [6, 6.07) is 7.16. The first-order chi connectivity index (χ1) is 10.5. The number of aliphatic hydroxyl groups is 1. The topological polar surface area (TPSA) is 87.4 Å². The van der Waals surface area contributed by atoms with Crippen LogP contribution in [0.25, 0.3) is 0 Å². The largest absolute Gasteiger partial charge is 0.444 e. The number of aliphatic hydroxyl groups excluding tert-OH is 1. The van der Waals surface area contributed by atoms with Crippen molar-refractivity contribution in [3.63, 3.8) is 0 Å². The maximum atomic E-state index is 11.7. The second-order valence-corrected chi connectivity index (χ2v) is 5.24. The van der Waals surface area contributed by atoms with Crippen molar-refractivity contribution in [1.29, 1.82) is 0 Å². The number of carbonyl (C=O) groups excluding carboxylic acids is 1. The number of aryl methyl sites for hydroxylation is 3. The van der Waals surface area contributed by atoms with E-state index < -0.39 is 6.10 Å². The van der Waals surface area contributed by atoms with E-state index in [0.29, 0.717) is 5.89 Å². The van der Waals surface area contributed by atoms with E-state index in [0.717, 1.165) is 22.6 Å². The number of benzene rings is 1. The molecule has 0 saturated heterocycles. The van der Waals surface area contributed by atoms with E-state index in [9.17, 15) is 9.90 Å². The van der Waals surface area contributed by atoms with Gasteiger partial charge in [0.05, 0.1) is 18.3 Å². The molecule has 22 heavy (non-hydrogen) atoms. The van der Waals surface area contributed by atoms with Crippen LogP contribution in [0.3, 0.4) is 0 Å². The lowest BCUT2D eigenvalue weighted by Crippen LogP contribution is -2.37. The lowest BCUT2D eigenvalue weighted by molar-refractivity contribution is 0.173. The molecule has 1 atom stereocenters. The molecule has 6 nitrogen and oxygen atoms in total. The van der Waals surface area contributed by atoms with Crippen LogP contribution in [0.5, 0.6) is 0 Å². The number of nitrogens with zero attached hydrogens (tertiary/aromatic N) is 1. The van der Waals surface area contributed by atoms with Crippen LogP contribution in [0, 0.1) is 20.8 Å². The molecule has 2 aromatic rings. The molecule has 2 rings (SSSR count). The summed E-state index contributed by atoms with van der Waals surface area (Å²) in [5.74, 6) is 1.20. The molecule has 1 aromatic carbocycles. The van der Waals surface area contributed by atoms with Gasteiger partial charge >= 0.3 is 6.03 Å². The summed E-state index contributed by atoms with van der Waals surface area (Å²) in [7, 11) is 0. The highest BCUT2D eigenvalue weighted by atomic mass is 16.4. The standard InChI is InChI=1S/C16H21N3O3/c1-10-4-6-13(7-5-10)14(20)8-17-16(21)18-9-15-19-11(2)12(3)22-15/h4-7,14,20H,8-9H2,1-3H3,(H2,17,18,21). The van der Waals surface area contributed by atoms with Crippen LogP contribution in [0.1, 0.15) is 34.6 Å². The van der Waals surface area contributed by atoms with Crippen LogP contribution in [-0.4, -0.2) is 22.7 Å².